The Kier molecular flexibility index (Phi) is 6.77. The predicted octanol–water partition coefficient (Wildman–Crippen LogP) is 5.21. The second-order valence-corrected chi connectivity index (χ2v) is 9.33. The van der Waals surface area contributed by atoms with Crippen LogP contribution in [-0.2, 0) is 16.6 Å². The highest BCUT2D eigenvalue weighted by Crippen LogP contribution is 2.25. The highest BCUT2D eigenvalue weighted by molar-refractivity contribution is 7.89. The number of rotatable bonds is 6. The molecule has 1 amide bonds. The Morgan fingerprint density at radius 3 is 2.27 bits per heavy atom. The third-order valence-electron chi connectivity index (χ3n) is 4.32. The van der Waals surface area contributed by atoms with Crippen molar-refractivity contribution in [2.24, 2.45) is 0 Å². The first-order valence-electron chi connectivity index (χ1n) is 8.74. The van der Waals surface area contributed by atoms with Gasteiger partial charge in [-0.25, -0.2) is 12.8 Å². The number of hydrogen-bond acceptors (Lipinski definition) is 3. The quantitative estimate of drug-likeness (QED) is 0.507. The smallest absolute Gasteiger partial charge is 0.257 e. The van der Waals surface area contributed by atoms with Gasteiger partial charge >= 0.3 is 0 Å². The molecule has 0 heterocycles. The first-order valence-corrected chi connectivity index (χ1v) is 10.9. The molecule has 3 rings (SSSR count). The Morgan fingerprint density at radius 1 is 1.00 bits per heavy atom. The summed E-state index contributed by atoms with van der Waals surface area (Å²) in [6.45, 7) is 0.224. The number of hydrogen-bond donors (Lipinski definition) is 1. The Hall–Kier alpha value is -2.45. The van der Waals surface area contributed by atoms with E-state index in [-0.39, 0.29) is 27.0 Å². The fourth-order valence-corrected chi connectivity index (χ4v) is 4.34. The van der Waals surface area contributed by atoms with Gasteiger partial charge in [0, 0.05) is 19.3 Å². The second kappa shape index (κ2) is 9.14. The summed E-state index contributed by atoms with van der Waals surface area (Å²) in [6.07, 6.45) is 0. The molecule has 0 fully saturated rings. The average molecular weight is 467 g/mol. The van der Waals surface area contributed by atoms with Gasteiger partial charge in [-0.05, 0) is 42.0 Å². The number of nitrogens with one attached hydrogen (secondary N) is 1. The van der Waals surface area contributed by atoms with Crippen molar-refractivity contribution in [3.8, 4) is 0 Å². The van der Waals surface area contributed by atoms with E-state index in [1.807, 2.05) is 30.3 Å². The van der Waals surface area contributed by atoms with Crippen LogP contribution in [0.5, 0.6) is 0 Å². The van der Waals surface area contributed by atoms with Crippen LogP contribution in [0.1, 0.15) is 15.9 Å². The molecular formula is C21H17Cl2FN2O3S. The van der Waals surface area contributed by atoms with Gasteiger partial charge in [0.25, 0.3) is 5.91 Å². The summed E-state index contributed by atoms with van der Waals surface area (Å²) < 4.78 is 40.4. The van der Waals surface area contributed by atoms with Crippen LogP contribution in [0.4, 0.5) is 10.1 Å². The summed E-state index contributed by atoms with van der Waals surface area (Å²) in [7, 11) is -2.22. The van der Waals surface area contributed by atoms with Gasteiger partial charge in [-0.1, -0.05) is 53.5 Å². The lowest BCUT2D eigenvalue weighted by Crippen LogP contribution is -2.26. The minimum absolute atomic E-state index is 0.000588. The van der Waals surface area contributed by atoms with Crippen molar-refractivity contribution >= 4 is 44.8 Å². The van der Waals surface area contributed by atoms with E-state index in [2.05, 4.69) is 5.32 Å². The molecule has 0 aliphatic carbocycles. The molecule has 0 aromatic heterocycles. The van der Waals surface area contributed by atoms with Gasteiger partial charge in [-0.2, -0.15) is 4.31 Å². The molecule has 5 nitrogen and oxygen atoms in total. The number of nitrogens with zero attached hydrogens (tertiary/aromatic N) is 1. The second-order valence-electron chi connectivity index (χ2n) is 6.47. The van der Waals surface area contributed by atoms with Gasteiger partial charge in [0.2, 0.25) is 10.0 Å². The maximum Gasteiger partial charge on any atom is 0.257 e. The molecule has 0 bridgehead atoms. The van der Waals surface area contributed by atoms with Crippen LogP contribution >= 0.6 is 23.2 Å². The van der Waals surface area contributed by atoms with E-state index in [1.54, 1.807) is 0 Å². The van der Waals surface area contributed by atoms with Crippen molar-refractivity contribution in [2.45, 2.75) is 11.4 Å². The molecular weight excluding hydrogens is 450 g/mol. The van der Waals surface area contributed by atoms with Crippen molar-refractivity contribution < 1.29 is 17.6 Å². The van der Waals surface area contributed by atoms with Gasteiger partial charge < -0.3 is 5.32 Å². The molecule has 3 aromatic rings. The summed E-state index contributed by atoms with van der Waals surface area (Å²) in [5.41, 5.74) is 1.11. The van der Waals surface area contributed by atoms with Gasteiger partial charge in [0.15, 0.2) is 0 Å². The fourth-order valence-electron chi connectivity index (χ4n) is 2.71. The molecule has 0 spiro atoms. The Balaban J connectivity index is 1.74. The monoisotopic (exact) mass is 466 g/mol. The number of halogens is 3. The van der Waals surface area contributed by atoms with Gasteiger partial charge in [-0.3, -0.25) is 4.79 Å². The molecule has 0 saturated carbocycles. The predicted molar refractivity (Wildman–Crippen MR) is 116 cm³/mol. The first kappa shape index (κ1) is 22.2. The highest BCUT2D eigenvalue weighted by atomic mass is 35.5. The van der Waals surface area contributed by atoms with Crippen LogP contribution in [0.25, 0.3) is 0 Å². The van der Waals surface area contributed by atoms with Gasteiger partial charge in [0.05, 0.1) is 20.5 Å². The fraction of sp³-hybridized carbons (Fsp3) is 0.0952. The van der Waals surface area contributed by atoms with Gasteiger partial charge in [0.1, 0.15) is 5.82 Å². The molecule has 0 aliphatic rings. The molecule has 0 aliphatic heterocycles. The Bertz CT molecular complexity index is 1170. The zero-order valence-corrected chi connectivity index (χ0v) is 18.1. The SMILES string of the molecule is CN(Cc1ccccc1)S(=O)(=O)c1ccc(NC(=O)c2cc(F)c(Cl)cc2Cl)cc1. The number of anilines is 1. The van der Waals surface area contributed by atoms with E-state index in [4.69, 9.17) is 23.2 Å². The lowest BCUT2D eigenvalue weighted by molar-refractivity contribution is 0.102. The Labute approximate surface area is 184 Å². The number of carbonyl (C=O) groups is 1. The van der Waals surface area contributed by atoms with Crippen LogP contribution in [-0.4, -0.2) is 25.7 Å². The highest BCUT2D eigenvalue weighted by Gasteiger charge is 2.21. The first-order chi connectivity index (χ1) is 14.2. The minimum Gasteiger partial charge on any atom is -0.322 e. The van der Waals surface area contributed by atoms with Crippen molar-refractivity contribution in [2.75, 3.05) is 12.4 Å². The zero-order valence-electron chi connectivity index (χ0n) is 15.8. The summed E-state index contributed by atoms with van der Waals surface area (Å²) in [5, 5.41) is 2.36. The van der Waals surface area contributed by atoms with Crippen molar-refractivity contribution in [3.63, 3.8) is 0 Å². The van der Waals surface area contributed by atoms with E-state index >= 15 is 0 Å². The minimum atomic E-state index is -3.72. The van der Waals surface area contributed by atoms with Crippen molar-refractivity contribution in [1.82, 2.24) is 4.31 Å². The number of benzene rings is 3. The molecule has 3 aromatic carbocycles. The van der Waals surface area contributed by atoms with Crippen LogP contribution in [0.3, 0.4) is 0 Å². The van der Waals surface area contributed by atoms with Crippen molar-refractivity contribution in [3.05, 3.63) is 93.7 Å². The standard InChI is InChI=1S/C21H17Cl2FN2O3S/c1-26(13-14-5-3-2-4-6-14)30(28,29)16-9-7-15(8-10-16)25-21(27)17-11-20(24)19(23)12-18(17)22/h2-12H,13H2,1H3,(H,25,27). The summed E-state index contributed by atoms with van der Waals surface area (Å²) in [6, 6.07) is 17.0. The van der Waals surface area contributed by atoms with Crippen LogP contribution in [0.15, 0.2) is 71.6 Å². The number of carbonyl (C=O) groups excluding carboxylic acids is 1. The van der Waals surface area contributed by atoms with Crippen LogP contribution < -0.4 is 5.32 Å². The molecule has 0 radical (unpaired) electrons. The topological polar surface area (TPSA) is 66.5 Å². The van der Waals surface area contributed by atoms with E-state index < -0.39 is 21.7 Å². The molecule has 30 heavy (non-hydrogen) atoms. The third-order valence-corrected chi connectivity index (χ3v) is 6.74. The molecule has 9 heteroatoms. The zero-order chi connectivity index (χ0) is 21.9. The summed E-state index contributed by atoms with van der Waals surface area (Å²) in [4.78, 5) is 12.4. The van der Waals surface area contributed by atoms with E-state index in [9.17, 15) is 17.6 Å². The lowest BCUT2D eigenvalue weighted by Gasteiger charge is -2.17. The molecule has 0 atom stereocenters. The maximum absolute atomic E-state index is 13.6. The lowest BCUT2D eigenvalue weighted by atomic mass is 10.2. The molecule has 0 saturated heterocycles. The summed E-state index contributed by atoms with van der Waals surface area (Å²) >= 11 is 11.6. The number of sulfonamides is 1. The van der Waals surface area contributed by atoms with Crippen LogP contribution in [0.2, 0.25) is 10.0 Å². The molecule has 1 N–H and O–H groups in total. The van der Waals surface area contributed by atoms with E-state index in [1.165, 1.54) is 35.6 Å². The van der Waals surface area contributed by atoms with Crippen LogP contribution in [0, 0.1) is 5.82 Å². The van der Waals surface area contributed by atoms with Crippen molar-refractivity contribution in [1.29, 1.82) is 0 Å². The maximum atomic E-state index is 13.6. The molecule has 0 unspecified atom stereocenters. The molecule has 156 valence electrons. The largest absolute Gasteiger partial charge is 0.322 e. The number of amides is 1. The normalized spacial score (nSPS) is 11.5. The average Bonchev–Trinajstić information content (AvgIpc) is 2.71. The van der Waals surface area contributed by atoms with Gasteiger partial charge in [-0.15, -0.1) is 0 Å². The van der Waals surface area contributed by atoms with E-state index in [0.717, 1.165) is 17.7 Å². The summed E-state index contributed by atoms with van der Waals surface area (Å²) in [5.74, 6) is -1.42. The Morgan fingerprint density at radius 2 is 1.63 bits per heavy atom. The van der Waals surface area contributed by atoms with E-state index in [0.29, 0.717) is 5.69 Å². The third kappa shape index (κ3) is 4.99.